The van der Waals surface area contributed by atoms with Crippen molar-refractivity contribution in [3.05, 3.63) is 0 Å². The molecule has 0 saturated carbocycles. The van der Waals surface area contributed by atoms with Gasteiger partial charge in [0.2, 0.25) is 10.0 Å². The highest BCUT2D eigenvalue weighted by Gasteiger charge is 2.31. The first-order valence-corrected chi connectivity index (χ1v) is 7.64. The van der Waals surface area contributed by atoms with Gasteiger partial charge in [-0.05, 0) is 26.7 Å². The SMILES string of the molecule is CC(C)OCCS(=O)(=O)N1CCCCC1C=O. The van der Waals surface area contributed by atoms with Crippen molar-refractivity contribution in [2.45, 2.75) is 45.3 Å². The second-order valence-corrected chi connectivity index (χ2v) is 6.59. The summed E-state index contributed by atoms with van der Waals surface area (Å²) in [5.41, 5.74) is 0. The van der Waals surface area contributed by atoms with Crippen LogP contribution in [0.5, 0.6) is 0 Å². The quantitative estimate of drug-likeness (QED) is 0.665. The molecular weight excluding hydrogens is 242 g/mol. The number of ether oxygens (including phenoxy) is 1. The Morgan fingerprint density at radius 3 is 2.71 bits per heavy atom. The van der Waals surface area contributed by atoms with Gasteiger partial charge in [0.25, 0.3) is 0 Å². The van der Waals surface area contributed by atoms with Crippen molar-refractivity contribution in [3.63, 3.8) is 0 Å². The normalized spacial score (nSPS) is 22.9. The summed E-state index contributed by atoms with van der Waals surface area (Å²) in [5, 5.41) is 0. The fourth-order valence-electron chi connectivity index (χ4n) is 1.92. The Hall–Kier alpha value is -0.460. The number of hydrogen-bond donors (Lipinski definition) is 0. The van der Waals surface area contributed by atoms with Crippen molar-refractivity contribution in [2.24, 2.45) is 0 Å². The summed E-state index contributed by atoms with van der Waals surface area (Å²) < 4.78 is 30.6. The van der Waals surface area contributed by atoms with E-state index < -0.39 is 16.1 Å². The molecule has 17 heavy (non-hydrogen) atoms. The van der Waals surface area contributed by atoms with E-state index in [4.69, 9.17) is 4.74 Å². The molecule has 0 N–H and O–H groups in total. The highest BCUT2D eigenvalue weighted by Crippen LogP contribution is 2.19. The third-order valence-electron chi connectivity index (χ3n) is 2.81. The minimum atomic E-state index is -3.36. The van der Waals surface area contributed by atoms with Crippen LogP contribution < -0.4 is 0 Å². The number of aldehydes is 1. The molecular formula is C11H21NO4S. The average molecular weight is 263 g/mol. The first kappa shape index (κ1) is 14.6. The van der Waals surface area contributed by atoms with Crippen LogP contribution in [0.25, 0.3) is 0 Å². The lowest BCUT2D eigenvalue weighted by Crippen LogP contribution is -2.46. The van der Waals surface area contributed by atoms with E-state index in [1.54, 1.807) is 0 Å². The summed E-state index contributed by atoms with van der Waals surface area (Å²) in [6.45, 7) is 4.36. The van der Waals surface area contributed by atoms with Gasteiger partial charge >= 0.3 is 0 Å². The molecule has 0 aromatic rings. The Morgan fingerprint density at radius 2 is 2.12 bits per heavy atom. The van der Waals surface area contributed by atoms with Crippen LogP contribution in [-0.4, -0.2) is 50.1 Å². The summed E-state index contributed by atoms with van der Waals surface area (Å²) in [6, 6.07) is -0.479. The molecule has 1 aliphatic rings. The van der Waals surface area contributed by atoms with Gasteiger partial charge in [0.15, 0.2) is 0 Å². The molecule has 6 heteroatoms. The van der Waals surface area contributed by atoms with Crippen molar-refractivity contribution in [3.8, 4) is 0 Å². The van der Waals surface area contributed by atoms with Crippen LogP contribution in [0.2, 0.25) is 0 Å². The predicted octanol–water partition coefficient (Wildman–Crippen LogP) is 0.795. The minimum absolute atomic E-state index is 0.0217. The summed E-state index contributed by atoms with van der Waals surface area (Å²) in [4.78, 5) is 10.9. The van der Waals surface area contributed by atoms with Gasteiger partial charge in [-0.3, -0.25) is 0 Å². The van der Waals surface area contributed by atoms with Crippen LogP contribution in [0.4, 0.5) is 0 Å². The third-order valence-corrected chi connectivity index (χ3v) is 4.66. The lowest BCUT2D eigenvalue weighted by molar-refractivity contribution is -0.111. The van der Waals surface area contributed by atoms with E-state index in [0.29, 0.717) is 13.0 Å². The van der Waals surface area contributed by atoms with Crippen molar-refractivity contribution in [1.82, 2.24) is 4.31 Å². The number of rotatable bonds is 6. The van der Waals surface area contributed by atoms with Crippen LogP contribution in [0.3, 0.4) is 0 Å². The van der Waals surface area contributed by atoms with Gasteiger partial charge in [-0.1, -0.05) is 6.42 Å². The molecule has 5 nitrogen and oxygen atoms in total. The van der Waals surface area contributed by atoms with Crippen molar-refractivity contribution in [1.29, 1.82) is 0 Å². The van der Waals surface area contributed by atoms with Gasteiger partial charge < -0.3 is 9.53 Å². The highest BCUT2D eigenvalue weighted by molar-refractivity contribution is 7.89. The summed E-state index contributed by atoms with van der Waals surface area (Å²) in [7, 11) is -3.36. The third kappa shape index (κ3) is 4.37. The molecule has 100 valence electrons. The molecule has 0 radical (unpaired) electrons. The fourth-order valence-corrected chi connectivity index (χ4v) is 3.43. The maximum Gasteiger partial charge on any atom is 0.217 e. The van der Waals surface area contributed by atoms with E-state index in [9.17, 15) is 13.2 Å². The topological polar surface area (TPSA) is 63.7 Å². The zero-order valence-corrected chi connectivity index (χ0v) is 11.3. The first-order valence-electron chi connectivity index (χ1n) is 6.04. The molecule has 0 aromatic carbocycles. The molecule has 1 atom stereocenters. The second kappa shape index (κ2) is 6.47. The fraction of sp³-hybridized carbons (Fsp3) is 0.909. The van der Waals surface area contributed by atoms with E-state index in [-0.39, 0.29) is 18.5 Å². The standard InChI is InChI=1S/C11H21NO4S/c1-10(2)16-7-8-17(14,15)12-6-4-3-5-11(12)9-13/h9-11H,3-8H2,1-2H3. The largest absolute Gasteiger partial charge is 0.378 e. The van der Waals surface area contributed by atoms with Gasteiger partial charge in [0, 0.05) is 6.54 Å². The van der Waals surface area contributed by atoms with E-state index in [1.165, 1.54) is 4.31 Å². The number of hydrogen-bond acceptors (Lipinski definition) is 4. The Labute approximate surface area is 103 Å². The summed E-state index contributed by atoms with van der Waals surface area (Å²) >= 11 is 0. The molecule has 0 bridgehead atoms. The smallest absolute Gasteiger partial charge is 0.217 e. The number of piperidine rings is 1. The Balaban J connectivity index is 2.58. The molecule has 0 spiro atoms. The van der Waals surface area contributed by atoms with Gasteiger partial charge in [-0.25, -0.2) is 8.42 Å². The van der Waals surface area contributed by atoms with Crippen molar-refractivity contribution < 1.29 is 17.9 Å². The monoisotopic (exact) mass is 263 g/mol. The first-order chi connectivity index (χ1) is 7.97. The van der Waals surface area contributed by atoms with Crippen LogP contribution in [0.15, 0.2) is 0 Å². The zero-order chi connectivity index (χ0) is 12.9. The minimum Gasteiger partial charge on any atom is -0.378 e. The maximum atomic E-state index is 12.0. The van der Waals surface area contributed by atoms with Crippen molar-refractivity contribution >= 4 is 16.3 Å². The van der Waals surface area contributed by atoms with Crippen LogP contribution in [0, 0.1) is 0 Å². The lowest BCUT2D eigenvalue weighted by Gasteiger charge is -2.31. The Morgan fingerprint density at radius 1 is 1.41 bits per heavy atom. The lowest BCUT2D eigenvalue weighted by atomic mass is 10.1. The molecule has 1 unspecified atom stereocenters. The summed E-state index contributed by atoms with van der Waals surface area (Å²) in [5.74, 6) is -0.0461. The van der Waals surface area contributed by atoms with Crippen LogP contribution in [-0.2, 0) is 19.6 Å². The molecule has 1 fully saturated rings. The molecule has 1 saturated heterocycles. The van der Waals surface area contributed by atoms with Crippen molar-refractivity contribution in [2.75, 3.05) is 18.9 Å². The van der Waals surface area contributed by atoms with E-state index in [1.807, 2.05) is 13.8 Å². The van der Waals surface area contributed by atoms with E-state index in [2.05, 4.69) is 0 Å². The number of nitrogens with zero attached hydrogens (tertiary/aromatic N) is 1. The zero-order valence-electron chi connectivity index (χ0n) is 10.5. The molecule has 0 amide bonds. The molecule has 1 heterocycles. The van der Waals surface area contributed by atoms with Crippen LogP contribution in [0.1, 0.15) is 33.1 Å². The number of carbonyl (C=O) groups is 1. The molecule has 0 aromatic heterocycles. The predicted molar refractivity (Wildman–Crippen MR) is 65.3 cm³/mol. The van der Waals surface area contributed by atoms with Gasteiger partial charge in [0.1, 0.15) is 6.29 Å². The van der Waals surface area contributed by atoms with E-state index in [0.717, 1.165) is 19.1 Å². The summed E-state index contributed by atoms with van der Waals surface area (Å²) in [6.07, 6.45) is 3.13. The Bertz CT molecular complexity index is 339. The van der Waals surface area contributed by atoms with Gasteiger partial charge in [0.05, 0.1) is 24.5 Å². The molecule has 1 aliphatic heterocycles. The highest BCUT2D eigenvalue weighted by atomic mass is 32.2. The number of sulfonamides is 1. The van der Waals surface area contributed by atoms with Crippen LogP contribution >= 0.6 is 0 Å². The van der Waals surface area contributed by atoms with E-state index >= 15 is 0 Å². The average Bonchev–Trinajstić information content (AvgIpc) is 2.28. The molecule has 1 rings (SSSR count). The van der Waals surface area contributed by atoms with Gasteiger partial charge in [-0.15, -0.1) is 0 Å². The maximum absolute atomic E-state index is 12.0. The number of carbonyl (C=O) groups excluding carboxylic acids is 1. The Kier molecular flexibility index (Phi) is 5.55. The molecule has 0 aliphatic carbocycles. The second-order valence-electron chi connectivity index (χ2n) is 4.55. The van der Waals surface area contributed by atoms with Gasteiger partial charge in [-0.2, -0.15) is 4.31 Å².